The molecule has 9 heteroatoms. The van der Waals surface area contributed by atoms with E-state index in [9.17, 15) is 13.2 Å². The number of anilines is 1. The Morgan fingerprint density at radius 2 is 1.84 bits per heavy atom. The number of imidazole rings is 1. The fourth-order valence-corrected chi connectivity index (χ4v) is 4.59. The lowest BCUT2D eigenvalue weighted by Gasteiger charge is -2.14. The van der Waals surface area contributed by atoms with Gasteiger partial charge in [0.25, 0.3) is 0 Å². The normalized spacial score (nSPS) is 11.9. The van der Waals surface area contributed by atoms with Crippen LogP contribution in [-0.4, -0.2) is 20.9 Å². The molecule has 0 fully saturated rings. The highest BCUT2D eigenvalue weighted by Crippen LogP contribution is 2.31. The number of hydrogen-bond donors (Lipinski definition) is 2. The first-order valence-electron chi connectivity index (χ1n) is 12.0. The predicted octanol–water partition coefficient (Wildman–Crippen LogP) is 7.39. The Labute approximate surface area is 223 Å². The van der Waals surface area contributed by atoms with E-state index in [0.29, 0.717) is 10.8 Å². The van der Waals surface area contributed by atoms with Gasteiger partial charge in [-0.15, -0.1) is 0 Å². The second-order valence-electron chi connectivity index (χ2n) is 8.86. The van der Waals surface area contributed by atoms with Crippen LogP contribution in [0.15, 0.2) is 84.2 Å². The van der Waals surface area contributed by atoms with E-state index in [2.05, 4.69) is 33.8 Å². The molecule has 192 valence electrons. The van der Waals surface area contributed by atoms with Crippen molar-refractivity contribution in [1.82, 2.24) is 15.0 Å². The van der Waals surface area contributed by atoms with E-state index in [4.69, 9.17) is 12.2 Å². The molecule has 1 heterocycles. The second kappa shape index (κ2) is 10.3. The highest BCUT2D eigenvalue weighted by molar-refractivity contribution is 7.80. The standard InChI is InChI=1S/C29H24F3N5S/c1-3-20-6-4-5-18(2)26(20)35-28(38)36-34-16-19-7-13-24-21(15-19)8-14-25-27(24)33-17-37(25)23-11-9-22(10-12-23)29(30,31)32/h4-17H,3H2,1-2H3,(H2,35,36,38)/b34-16+. The Morgan fingerprint density at radius 1 is 1.05 bits per heavy atom. The van der Waals surface area contributed by atoms with E-state index < -0.39 is 11.7 Å². The molecule has 5 aromatic rings. The van der Waals surface area contributed by atoms with Crippen molar-refractivity contribution in [2.75, 3.05) is 5.32 Å². The topological polar surface area (TPSA) is 54.2 Å². The number of hydrazone groups is 1. The summed E-state index contributed by atoms with van der Waals surface area (Å²) in [6, 6.07) is 20.9. The first kappa shape index (κ1) is 25.4. The Morgan fingerprint density at radius 3 is 2.58 bits per heavy atom. The minimum absolute atomic E-state index is 0.404. The maximum Gasteiger partial charge on any atom is 0.416 e. The molecule has 0 saturated carbocycles. The first-order chi connectivity index (χ1) is 18.2. The molecule has 0 radical (unpaired) electrons. The van der Waals surface area contributed by atoms with Gasteiger partial charge in [0.15, 0.2) is 5.11 Å². The first-order valence-corrected chi connectivity index (χ1v) is 12.4. The van der Waals surface area contributed by atoms with Gasteiger partial charge in [-0.3, -0.25) is 9.99 Å². The minimum atomic E-state index is -4.37. The molecule has 0 spiro atoms. The van der Waals surface area contributed by atoms with Crippen LogP contribution in [0.4, 0.5) is 18.9 Å². The van der Waals surface area contributed by atoms with Gasteiger partial charge >= 0.3 is 6.18 Å². The fraction of sp³-hybridized carbons (Fsp3) is 0.138. The molecule has 5 nitrogen and oxygen atoms in total. The van der Waals surface area contributed by atoms with E-state index in [-0.39, 0.29) is 0 Å². The van der Waals surface area contributed by atoms with Crippen LogP contribution in [0.2, 0.25) is 0 Å². The maximum absolute atomic E-state index is 12.9. The summed E-state index contributed by atoms with van der Waals surface area (Å²) < 4.78 is 40.6. The van der Waals surface area contributed by atoms with Gasteiger partial charge < -0.3 is 5.32 Å². The Kier molecular flexibility index (Phi) is 6.86. The summed E-state index contributed by atoms with van der Waals surface area (Å²) in [7, 11) is 0. The third kappa shape index (κ3) is 5.10. The minimum Gasteiger partial charge on any atom is -0.331 e. The average Bonchev–Trinajstić information content (AvgIpc) is 3.34. The number of hydrogen-bond acceptors (Lipinski definition) is 3. The monoisotopic (exact) mass is 531 g/mol. The number of halogens is 3. The van der Waals surface area contributed by atoms with Crippen molar-refractivity contribution in [3.05, 3.63) is 101 Å². The summed E-state index contributed by atoms with van der Waals surface area (Å²) in [4.78, 5) is 4.54. The third-order valence-electron chi connectivity index (χ3n) is 6.39. The number of para-hydroxylation sites is 1. The Balaban J connectivity index is 1.33. The quantitative estimate of drug-likeness (QED) is 0.141. The Hall–Kier alpha value is -4.24. The van der Waals surface area contributed by atoms with E-state index >= 15 is 0 Å². The van der Waals surface area contributed by atoms with Crippen LogP contribution < -0.4 is 10.7 Å². The van der Waals surface area contributed by atoms with Gasteiger partial charge in [0.2, 0.25) is 0 Å². The molecule has 2 N–H and O–H groups in total. The summed E-state index contributed by atoms with van der Waals surface area (Å²) in [5.74, 6) is 0. The smallest absolute Gasteiger partial charge is 0.331 e. The molecule has 38 heavy (non-hydrogen) atoms. The lowest BCUT2D eigenvalue weighted by Crippen LogP contribution is -2.25. The number of fused-ring (bicyclic) bond motifs is 3. The molecule has 5 rings (SSSR count). The van der Waals surface area contributed by atoms with Gasteiger partial charge in [0.1, 0.15) is 6.33 Å². The van der Waals surface area contributed by atoms with Crippen LogP contribution in [0.5, 0.6) is 0 Å². The van der Waals surface area contributed by atoms with Crippen molar-refractivity contribution in [3.63, 3.8) is 0 Å². The van der Waals surface area contributed by atoms with Gasteiger partial charge in [-0.05, 0) is 84.0 Å². The van der Waals surface area contributed by atoms with E-state index in [0.717, 1.165) is 57.2 Å². The fourth-order valence-electron chi connectivity index (χ4n) is 4.43. The van der Waals surface area contributed by atoms with Gasteiger partial charge in [-0.2, -0.15) is 18.3 Å². The zero-order valence-corrected chi connectivity index (χ0v) is 21.5. The molecular formula is C29H24F3N5S. The van der Waals surface area contributed by atoms with Crippen LogP contribution in [-0.2, 0) is 12.6 Å². The second-order valence-corrected chi connectivity index (χ2v) is 9.27. The number of aromatic nitrogens is 2. The summed E-state index contributed by atoms with van der Waals surface area (Å²) in [6.07, 6.45) is -0.165. The molecular weight excluding hydrogens is 507 g/mol. The van der Waals surface area contributed by atoms with Gasteiger partial charge in [0.05, 0.1) is 22.8 Å². The molecule has 0 unspecified atom stereocenters. The lowest BCUT2D eigenvalue weighted by atomic mass is 10.1. The third-order valence-corrected chi connectivity index (χ3v) is 6.58. The van der Waals surface area contributed by atoms with Crippen molar-refractivity contribution in [2.45, 2.75) is 26.4 Å². The highest BCUT2D eigenvalue weighted by Gasteiger charge is 2.30. The zero-order chi connectivity index (χ0) is 26.9. The molecule has 1 aromatic heterocycles. The number of benzene rings is 4. The van der Waals surface area contributed by atoms with Crippen molar-refractivity contribution >= 4 is 51.0 Å². The van der Waals surface area contributed by atoms with Gasteiger partial charge in [0, 0.05) is 16.8 Å². The summed E-state index contributed by atoms with van der Waals surface area (Å²) >= 11 is 5.41. The van der Waals surface area contributed by atoms with Crippen LogP contribution in [0.3, 0.4) is 0 Å². The average molecular weight is 532 g/mol. The maximum atomic E-state index is 12.9. The van der Waals surface area contributed by atoms with E-state index in [1.54, 1.807) is 17.1 Å². The van der Waals surface area contributed by atoms with Crippen molar-refractivity contribution < 1.29 is 13.2 Å². The van der Waals surface area contributed by atoms with Crippen LogP contribution in [0.25, 0.3) is 27.5 Å². The van der Waals surface area contributed by atoms with Crippen LogP contribution in [0.1, 0.15) is 29.2 Å². The number of rotatable bonds is 5. The van der Waals surface area contributed by atoms with Crippen LogP contribution in [0, 0.1) is 6.92 Å². The Bertz CT molecular complexity index is 1670. The summed E-state index contributed by atoms with van der Waals surface area (Å²) in [5, 5.41) is 9.82. The van der Waals surface area contributed by atoms with Crippen molar-refractivity contribution in [2.24, 2.45) is 5.10 Å². The lowest BCUT2D eigenvalue weighted by molar-refractivity contribution is -0.137. The number of aryl methyl sites for hydroxylation is 2. The molecule has 0 bridgehead atoms. The van der Waals surface area contributed by atoms with Crippen LogP contribution >= 0.6 is 12.2 Å². The SMILES string of the molecule is CCc1cccc(C)c1NC(=S)N/N=C/c1ccc2c(ccc3c2ncn3-c2ccc(C(F)(F)F)cc2)c1. The highest BCUT2D eigenvalue weighted by atomic mass is 32.1. The largest absolute Gasteiger partial charge is 0.416 e. The molecule has 0 aliphatic carbocycles. The molecule has 0 atom stereocenters. The number of nitrogens with one attached hydrogen (secondary N) is 2. The number of thiocarbonyl (C=S) groups is 1. The summed E-state index contributed by atoms with van der Waals surface area (Å²) in [5.41, 5.74) is 8.53. The molecule has 0 aliphatic rings. The van der Waals surface area contributed by atoms with E-state index in [1.165, 1.54) is 17.7 Å². The predicted molar refractivity (Wildman–Crippen MR) is 151 cm³/mol. The number of nitrogens with zero attached hydrogens (tertiary/aromatic N) is 3. The molecule has 0 aliphatic heterocycles. The molecule has 0 saturated heterocycles. The van der Waals surface area contributed by atoms with Gasteiger partial charge in [-0.25, -0.2) is 4.98 Å². The molecule has 4 aromatic carbocycles. The summed E-state index contributed by atoms with van der Waals surface area (Å²) in [6.45, 7) is 4.13. The van der Waals surface area contributed by atoms with Gasteiger partial charge in [-0.1, -0.05) is 43.3 Å². The van der Waals surface area contributed by atoms with Crippen molar-refractivity contribution in [3.8, 4) is 5.69 Å². The van der Waals surface area contributed by atoms with E-state index in [1.807, 2.05) is 49.4 Å². The van der Waals surface area contributed by atoms with Crippen molar-refractivity contribution in [1.29, 1.82) is 0 Å². The number of alkyl halides is 3. The molecule has 0 amide bonds. The zero-order valence-electron chi connectivity index (χ0n) is 20.7.